The van der Waals surface area contributed by atoms with Gasteiger partial charge in [-0.2, -0.15) is 9.97 Å². The minimum Gasteiger partial charge on any atom is -0.317 e. The second-order valence-electron chi connectivity index (χ2n) is 16.9. The van der Waals surface area contributed by atoms with Gasteiger partial charge in [0.1, 0.15) is 0 Å². The Morgan fingerprint density at radius 2 is 0.794 bits per heavy atom. The first-order valence-electron chi connectivity index (χ1n) is 21.5. The summed E-state index contributed by atoms with van der Waals surface area (Å²) in [5.74, 6) is 1.76. The van der Waals surface area contributed by atoms with Crippen molar-refractivity contribution in [3.05, 3.63) is 224 Å². The maximum atomic E-state index is 5.54. The molecular formula is C58H41N5. The van der Waals surface area contributed by atoms with Crippen molar-refractivity contribution < 1.29 is 0 Å². The molecule has 0 bridgehead atoms. The molecule has 0 aliphatic carbocycles. The Kier molecular flexibility index (Phi) is 8.44. The van der Waals surface area contributed by atoms with E-state index in [9.17, 15) is 0 Å². The molecule has 1 aliphatic heterocycles. The van der Waals surface area contributed by atoms with E-state index in [1.807, 2.05) is 0 Å². The Labute approximate surface area is 366 Å². The summed E-state index contributed by atoms with van der Waals surface area (Å²) in [6, 6.07) is 73.1. The third-order valence-electron chi connectivity index (χ3n) is 12.7. The molecule has 4 heterocycles. The largest absolute Gasteiger partial charge is 0.317 e. The van der Waals surface area contributed by atoms with E-state index in [1.165, 1.54) is 22.3 Å². The van der Waals surface area contributed by atoms with Crippen LogP contribution in [0, 0.1) is 0 Å². The molecule has 5 nitrogen and oxygen atoms in total. The van der Waals surface area contributed by atoms with Crippen molar-refractivity contribution in [3.63, 3.8) is 0 Å². The highest BCUT2D eigenvalue weighted by Crippen LogP contribution is 2.49. The van der Waals surface area contributed by atoms with Gasteiger partial charge in [0.2, 0.25) is 5.95 Å². The molecule has 0 unspecified atom stereocenters. The number of fused-ring (bicyclic) bond motifs is 7. The lowest BCUT2D eigenvalue weighted by atomic mass is 9.83. The van der Waals surface area contributed by atoms with Gasteiger partial charge in [-0.25, -0.2) is 4.98 Å². The minimum atomic E-state index is -0.285. The third kappa shape index (κ3) is 6.12. The summed E-state index contributed by atoms with van der Waals surface area (Å²) in [6.07, 6.45) is 2.31. The number of rotatable bonds is 7. The fourth-order valence-electron chi connectivity index (χ4n) is 9.70. The standard InChI is InChI=1S/C58H41N5/c1-58(2)50-28-16-18-30-52(50)62-37-49-48-27-15-17-29-51(48)63(53(49)54(58)62)57-60-55(46-33-42(38-19-7-3-8-20-38)31-43(34-46)39-21-9-4-10-22-39)59-56(61-57)47-35-44(40-23-11-5-12-24-40)32-45(36-47)41-25-13-6-14-26-41/h3-37H,1-2H3. The second kappa shape index (κ2) is 14.5. The third-order valence-corrected chi connectivity index (χ3v) is 12.7. The second-order valence-corrected chi connectivity index (χ2v) is 16.9. The van der Waals surface area contributed by atoms with E-state index in [4.69, 9.17) is 15.0 Å². The first kappa shape index (κ1) is 36.7. The van der Waals surface area contributed by atoms with Crippen LogP contribution < -0.4 is 0 Å². The van der Waals surface area contributed by atoms with Crippen molar-refractivity contribution in [3.8, 4) is 78.9 Å². The van der Waals surface area contributed by atoms with E-state index in [2.05, 4.69) is 235 Å². The number of hydrogen-bond donors (Lipinski definition) is 0. The number of benzene rings is 8. The number of hydrogen-bond acceptors (Lipinski definition) is 3. The van der Waals surface area contributed by atoms with Crippen LogP contribution in [-0.2, 0) is 5.41 Å². The van der Waals surface area contributed by atoms with Gasteiger partial charge in [0, 0.05) is 39.2 Å². The first-order chi connectivity index (χ1) is 31.0. The molecule has 0 atom stereocenters. The fourth-order valence-corrected chi connectivity index (χ4v) is 9.70. The quantitative estimate of drug-likeness (QED) is 0.161. The van der Waals surface area contributed by atoms with Gasteiger partial charge in [-0.15, -0.1) is 0 Å². The number of nitrogens with zero attached hydrogens (tertiary/aromatic N) is 5. The van der Waals surface area contributed by atoms with Crippen molar-refractivity contribution in [1.29, 1.82) is 0 Å². The summed E-state index contributed by atoms with van der Waals surface area (Å²) in [5, 5.41) is 2.32. The van der Waals surface area contributed by atoms with Crippen LogP contribution in [0.15, 0.2) is 212 Å². The summed E-state index contributed by atoms with van der Waals surface area (Å²) in [5.41, 5.74) is 16.3. The molecule has 0 radical (unpaired) electrons. The molecule has 1 aliphatic rings. The topological polar surface area (TPSA) is 48.5 Å². The molecule has 298 valence electrons. The fraction of sp³-hybridized carbons (Fsp3) is 0.0517. The summed E-state index contributed by atoms with van der Waals surface area (Å²) in [7, 11) is 0. The molecule has 3 aromatic heterocycles. The summed E-state index contributed by atoms with van der Waals surface area (Å²) < 4.78 is 4.67. The number of aromatic nitrogens is 5. The van der Waals surface area contributed by atoms with Crippen molar-refractivity contribution in [2.75, 3.05) is 0 Å². The molecule has 0 amide bonds. The Hall–Kier alpha value is -8.15. The molecule has 8 aromatic carbocycles. The molecular weight excluding hydrogens is 767 g/mol. The van der Waals surface area contributed by atoms with Crippen LogP contribution in [-0.4, -0.2) is 24.1 Å². The van der Waals surface area contributed by atoms with E-state index in [0.29, 0.717) is 17.6 Å². The van der Waals surface area contributed by atoms with E-state index < -0.39 is 0 Å². The minimum absolute atomic E-state index is 0.285. The molecule has 63 heavy (non-hydrogen) atoms. The van der Waals surface area contributed by atoms with Crippen LogP contribution in [0.25, 0.3) is 101 Å². The van der Waals surface area contributed by atoms with Crippen LogP contribution in [0.5, 0.6) is 0 Å². The summed E-state index contributed by atoms with van der Waals surface area (Å²) >= 11 is 0. The molecule has 12 rings (SSSR count). The average molecular weight is 808 g/mol. The Bertz CT molecular complexity index is 3250. The summed E-state index contributed by atoms with van der Waals surface area (Å²) in [4.78, 5) is 16.5. The Balaban J connectivity index is 1.17. The molecule has 0 N–H and O–H groups in total. The van der Waals surface area contributed by atoms with Gasteiger partial charge < -0.3 is 4.57 Å². The number of para-hydroxylation sites is 2. The van der Waals surface area contributed by atoms with Crippen molar-refractivity contribution in [1.82, 2.24) is 24.1 Å². The van der Waals surface area contributed by atoms with Gasteiger partial charge in [0.15, 0.2) is 11.6 Å². The zero-order chi connectivity index (χ0) is 42.1. The van der Waals surface area contributed by atoms with E-state index >= 15 is 0 Å². The lowest BCUT2D eigenvalue weighted by Crippen LogP contribution is -2.17. The maximum absolute atomic E-state index is 5.54. The Morgan fingerprint density at radius 3 is 1.29 bits per heavy atom. The predicted octanol–water partition coefficient (Wildman–Crippen LogP) is 14.4. The molecule has 0 saturated heterocycles. The molecule has 11 aromatic rings. The van der Waals surface area contributed by atoms with Crippen molar-refractivity contribution in [2.45, 2.75) is 19.3 Å². The van der Waals surface area contributed by atoms with Gasteiger partial charge in [-0.1, -0.05) is 172 Å². The lowest BCUT2D eigenvalue weighted by Gasteiger charge is -2.20. The first-order valence-corrected chi connectivity index (χ1v) is 21.5. The monoisotopic (exact) mass is 807 g/mol. The maximum Gasteiger partial charge on any atom is 0.238 e. The van der Waals surface area contributed by atoms with Crippen molar-refractivity contribution in [2.24, 2.45) is 0 Å². The van der Waals surface area contributed by atoms with Gasteiger partial charge in [-0.3, -0.25) is 4.57 Å². The summed E-state index contributed by atoms with van der Waals surface area (Å²) in [6.45, 7) is 4.66. The van der Waals surface area contributed by atoms with Gasteiger partial charge in [-0.05, 0) is 98.6 Å². The van der Waals surface area contributed by atoms with E-state index in [0.717, 1.165) is 72.1 Å². The van der Waals surface area contributed by atoms with Crippen LogP contribution in [0.3, 0.4) is 0 Å². The van der Waals surface area contributed by atoms with Crippen LogP contribution in [0.4, 0.5) is 0 Å². The van der Waals surface area contributed by atoms with E-state index in [1.54, 1.807) is 0 Å². The smallest absolute Gasteiger partial charge is 0.238 e. The lowest BCUT2D eigenvalue weighted by molar-refractivity contribution is 0.645. The van der Waals surface area contributed by atoms with Crippen LogP contribution in [0.1, 0.15) is 25.1 Å². The molecule has 0 spiro atoms. The molecule has 0 fully saturated rings. The van der Waals surface area contributed by atoms with E-state index in [-0.39, 0.29) is 5.41 Å². The van der Waals surface area contributed by atoms with Crippen LogP contribution in [0.2, 0.25) is 0 Å². The predicted molar refractivity (Wildman–Crippen MR) is 258 cm³/mol. The average Bonchev–Trinajstić information content (AvgIpc) is 3.97. The highest BCUT2D eigenvalue weighted by Gasteiger charge is 2.40. The highest BCUT2D eigenvalue weighted by molar-refractivity contribution is 6.11. The normalized spacial score (nSPS) is 12.7. The van der Waals surface area contributed by atoms with Crippen LogP contribution >= 0.6 is 0 Å². The SMILES string of the molecule is CC1(C)c2ccccc2-n2cc3c4ccccc4n(-c4nc(-c5cc(-c6ccccc6)cc(-c6ccccc6)c5)nc(-c5cc(-c6ccccc6)cc(-c6ccccc6)c5)n4)c3c21. The highest BCUT2D eigenvalue weighted by atomic mass is 15.2. The van der Waals surface area contributed by atoms with Gasteiger partial charge in [0.25, 0.3) is 0 Å². The molecule has 0 saturated carbocycles. The zero-order valence-corrected chi connectivity index (χ0v) is 34.9. The zero-order valence-electron chi connectivity index (χ0n) is 34.9. The molecule has 5 heteroatoms. The Morgan fingerprint density at radius 1 is 0.381 bits per heavy atom. The van der Waals surface area contributed by atoms with Crippen molar-refractivity contribution >= 4 is 21.8 Å². The van der Waals surface area contributed by atoms with Gasteiger partial charge in [0.05, 0.1) is 16.7 Å². The van der Waals surface area contributed by atoms with Gasteiger partial charge >= 0.3 is 0 Å².